The maximum atomic E-state index is 12.1. The molecule has 1 heterocycles. The van der Waals surface area contributed by atoms with Crippen molar-refractivity contribution < 1.29 is 9.52 Å². The highest BCUT2D eigenvalue weighted by Crippen LogP contribution is 2.29. The van der Waals surface area contributed by atoms with Gasteiger partial charge in [-0.2, -0.15) is 0 Å². The number of rotatable bonds is 1. The van der Waals surface area contributed by atoms with Crippen LogP contribution in [-0.4, -0.2) is 5.11 Å². The molecule has 0 amide bonds. The summed E-state index contributed by atoms with van der Waals surface area (Å²) in [6, 6.07) is 13.7. The summed E-state index contributed by atoms with van der Waals surface area (Å²) in [6.07, 6.45) is 5.29. The molecule has 3 heteroatoms. The molecule has 20 heavy (non-hydrogen) atoms. The lowest BCUT2D eigenvalue weighted by Crippen LogP contribution is -2.02. The number of hydrogen-bond acceptors (Lipinski definition) is 3. The lowest BCUT2D eigenvalue weighted by atomic mass is 10.1. The zero-order chi connectivity index (χ0) is 14.1. The largest absolute Gasteiger partial charge is 0.502 e. The minimum atomic E-state index is -0.442. The third-order valence-corrected chi connectivity index (χ3v) is 3.09. The van der Waals surface area contributed by atoms with Gasteiger partial charge in [-0.25, -0.2) is 0 Å². The van der Waals surface area contributed by atoms with E-state index in [0.717, 1.165) is 5.56 Å². The van der Waals surface area contributed by atoms with E-state index in [0.29, 0.717) is 16.5 Å². The fourth-order valence-electron chi connectivity index (χ4n) is 2.05. The lowest BCUT2D eigenvalue weighted by Gasteiger charge is -2.05. The number of hydrogen-bond donors (Lipinski definition) is 1. The normalized spacial score (nSPS) is 10.3. The molecule has 0 saturated carbocycles. The number of para-hydroxylation sites is 1. The Balaban J connectivity index is 2.28. The Kier molecular flexibility index (Phi) is 2.77. The van der Waals surface area contributed by atoms with E-state index >= 15 is 0 Å². The van der Waals surface area contributed by atoms with Crippen molar-refractivity contribution in [3.8, 4) is 29.4 Å². The maximum absolute atomic E-state index is 12.1. The molecular weight excluding hydrogens is 252 g/mol. The van der Waals surface area contributed by atoms with Gasteiger partial charge in [-0.1, -0.05) is 18.1 Å². The molecule has 3 nitrogen and oxygen atoms in total. The van der Waals surface area contributed by atoms with Crippen LogP contribution >= 0.6 is 0 Å². The molecule has 0 atom stereocenters. The molecule has 0 radical (unpaired) electrons. The van der Waals surface area contributed by atoms with Gasteiger partial charge in [0.05, 0.1) is 5.39 Å². The van der Waals surface area contributed by atoms with Gasteiger partial charge in [-0.3, -0.25) is 4.79 Å². The van der Waals surface area contributed by atoms with Crippen molar-refractivity contribution in [3.63, 3.8) is 0 Å². The van der Waals surface area contributed by atoms with Crippen LogP contribution in [0.3, 0.4) is 0 Å². The number of aromatic hydroxyl groups is 1. The summed E-state index contributed by atoms with van der Waals surface area (Å²) in [5.74, 6) is 2.27. The first-order valence-electron chi connectivity index (χ1n) is 6.02. The average Bonchev–Trinajstić information content (AvgIpc) is 2.51. The highest BCUT2D eigenvalue weighted by atomic mass is 16.4. The Morgan fingerprint density at radius 1 is 1.05 bits per heavy atom. The van der Waals surface area contributed by atoms with Crippen LogP contribution in [-0.2, 0) is 0 Å². The molecule has 2 aromatic carbocycles. The molecule has 0 aliphatic heterocycles. The van der Waals surface area contributed by atoms with Crippen molar-refractivity contribution in [2.75, 3.05) is 0 Å². The second-order valence-electron chi connectivity index (χ2n) is 4.33. The Hall–Kier alpha value is -2.99. The molecule has 3 aromatic rings. The van der Waals surface area contributed by atoms with Crippen molar-refractivity contribution in [3.05, 3.63) is 64.3 Å². The van der Waals surface area contributed by atoms with Gasteiger partial charge in [0.1, 0.15) is 5.58 Å². The van der Waals surface area contributed by atoms with Crippen molar-refractivity contribution >= 4 is 11.0 Å². The van der Waals surface area contributed by atoms with E-state index in [2.05, 4.69) is 5.92 Å². The van der Waals surface area contributed by atoms with E-state index in [9.17, 15) is 9.90 Å². The fraction of sp³-hybridized carbons (Fsp3) is 0. The summed E-state index contributed by atoms with van der Waals surface area (Å²) in [6.45, 7) is 0. The summed E-state index contributed by atoms with van der Waals surface area (Å²) in [5, 5.41) is 10.4. The van der Waals surface area contributed by atoms with Crippen LogP contribution in [0.4, 0.5) is 0 Å². The van der Waals surface area contributed by atoms with E-state index < -0.39 is 11.2 Å². The number of terminal acetylenes is 1. The highest BCUT2D eigenvalue weighted by molar-refractivity contribution is 5.81. The van der Waals surface area contributed by atoms with Gasteiger partial charge in [0.25, 0.3) is 0 Å². The van der Waals surface area contributed by atoms with Crippen LogP contribution in [0.2, 0.25) is 0 Å². The molecule has 96 valence electrons. The highest BCUT2D eigenvalue weighted by Gasteiger charge is 2.14. The number of benzene rings is 2. The van der Waals surface area contributed by atoms with Crippen molar-refractivity contribution in [1.29, 1.82) is 0 Å². The molecule has 0 aliphatic carbocycles. The van der Waals surface area contributed by atoms with Gasteiger partial charge >= 0.3 is 0 Å². The topological polar surface area (TPSA) is 50.4 Å². The van der Waals surface area contributed by atoms with E-state index in [1.54, 1.807) is 48.5 Å². The van der Waals surface area contributed by atoms with E-state index in [1.807, 2.05) is 0 Å². The van der Waals surface area contributed by atoms with Crippen LogP contribution in [0.25, 0.3) is 22.3 Å². The van der Waals surface area contributed by atoms with Gasteiger partial charge in [-0.15, -0.1) is 6.42 Å². The predicted octanol–water partition coefficient (Wildman–Crippen LogP) is 3.15. The zero-order valence-electron chi connectivity index (χ0n) is 10.5. The lowest BCUT2D eigenvalue weighted by molar-refractivity contribution is 0.449. The molecule has 1 aromatic heterocycles. The zero-order valence-corrected chi connectivity index (χ0v) is 10.5. The van der Waals surface area contributed by atoms with Gasteiger partial charge in [0.2, 0.25) is 11.2 Å². The SMILES string of the molecule is C#Cc1ccc(-c2oc3ccccc3c(=O)c2O)cc1. The summed E-state index contributed by atoms with van der Waals surface area (Å²) < 4.78 is 5.63. The van der Waals surface area contributed by atoms with Gasteiger partial charge in [-0.05, 0) is 36.4 Å². The Morgan fingerprint density at radius 3 is 2.45 bits per heavy atom. The molecule has 0 unspecified atom stereocenters. The quantitative estimate of drug-likeness (QED) is 0.685. The van der Waals surface area contributed by atoms with Crippen LogP contribution in [0.15, 0.2) is 57.7 Å². The molecule has 3 rings (SSSR count). The molecule has 0 bridgehead atoms. The van der Waals surface area contributed by atoms with E-state index in [-0.39, 0.29) is 5.76 Å². The smallest absolute Gasteiger partial charge is 0.235 e. The minimum Gasteiger partial charge on any atom is -0.502 e. The van der Waals surface area contributed by atoms with E-state index in [4.69, 9.17) is 10.8 Å². The fourth-order valence-corrected chi connectivity index (χ4v) is 2.05. The minimum absolute atomic E-state index is 0.150. The Morgan fingerprint density at radius 2 is 1.75 bits per heavy atom. The van der Waals surface area contributed by atoms with E-state index in [1.165, 1.54) is 0 Å². The molecule has 0 aliphatic rings. The molecule has 0 saturated heterocycles. The van der Waals surface area contributed by atoms with Crippen LogP contribution < -0.4 is 5.43 Å². The molecular formula is C17H10O3. The van der Waals surface area contributed by atoms with Crippen molar-refractivity contribution in [2.45, 2.75) is 0 Å². The third kappa shape index (κ3) is 1.84. The second kappa shape index (κ2) is 4.60. The molecule has 0 fully saturated rings. The number of fused-ring (bicyclic) bond motifs is 1. The Bertz CT molecular complexity index is 881. The van der Waals surface area contributed by atoms with Gasteiger partial charge in [0.15, 0.2) is 5.76 Å². The van der Waals surface area contributed by atoms with Gasteiger partial charge < -0.3 is 9.52 Å². The third-order valence-electron chi connectivity index (χ3n) is 3.09. The van der Waals surface area contributed by atoms with Crippen LogP contribution in [0.5, 0.6) is 5.75 Å². The molecule has 0 spiro atoms. The van der Waals surface area contributed by atoms with Crippen molar-refractivity contribution in [2.24, 2.45) is 0 Å². The first-order chi connectivity index (χ1) is 9.70. The Labute approximate surface area is 115 Å². The second-order valence-corrected chi connectivity index (χ2v) is 4.33. The standard InChI is InChI=1S/C17H10O3/c1-2-11-7-9-12(10-8-11)17-16(19)15(18)13-5-3-4-6-14(13)20-17/h1,3-10,19H. The summed E-state index contributed by atoms with van der Waals surface area (Å²) in [4.78, 5) is 12.1. The summed E-state index contributed by atoms with van der Waals surface area (Å²) in [5.41, 5.74) is 1.31. The maximum Gasteiger partial charge on any atom is 0.235 e. The average molecular weight is 262 g/mol. The van der Waals surface area contributed by atoms with Crippen LogP contribution in [0.1, 0.15) is 5.56 Å². The first-order valence-corrected chi connectivity index (χ1v) is 6.02. The molecule has 1 N–H and O–H groups in total. The summed E-state index contributed by atoms with van der Waals surface area (Å²) >= 11 is 0. The van der Waals surface area contributed by atoms with Crippen molar-refractivity contribution in [1.82, 2.24) is 0 Å². The summed E-state index contributed by atoms with van der Waals surface area (Å²) in [7, 11) is 0. The van der Waals surface area contributed by atoms with Gasteiger partial charge in [0, 0.05) is 11.1 Å². The first kappa shape index (κ1) is 12.1. The predicted molar refractivity (Wildman–Crippen MR) is 77.5 cm³/mol. The van der Waals surface area contributed by atoms with Crippen LogP contribution in [0, 0.1) is 12.3 Å². The monoisotopic (exact) mass is 262 g/mol.